The molecule has 2 fully saturated rings. The van der Waals surface area contributed by atoms with Crippen molar-refractivity contribution in [2.75, 3.05) is 20.6 Å². The summed E-state index contributed by atoms with van der Waals surface area (Å²) in [6.07, 6.45) is 5.28. The van der Waals surface area contributed by atoms with E-state index in [0.717, 1.165) is 38.5 Å². The molecule has 0 aromatic carbocycles. The van der Waals surface area contributed by atoms with Gasteiger partial charge in [-0.25, -0.2) is 0 Å². The largest absolute Gasteiger partial charge is 0.347 e. The van der Waals surface area contributed by atoms with Crippen molar-refractivity contribution in [3.63, 3.8) is 0 Å². The Hall–Kier alpha value is -1.10. The lowest BCUT2D eigenvalue weighted by molar-refractivity contribution is -0.146. The van der Waals surface area contributed by atoms with Crippen LogP contribution in [0.25, 0.3) is 0 Å². The molecular weight excluding hydrogens is 254 g/mol. The Morgan fingerprint density at radius 1 is 1.25 bits per heavy atom. The van der Waals surface area contributed by atoms with Gasteiger partial charge in [0.2, 0.25) is 11.8 Å². The highest BCUT2D eigenvalue weighted by Gasteiger charge is 2.45. The highest BCUT2D eigenvalue weighted by atomic mass is 16.2. The molecule has 1 heterocycles. The summed E-state index contributed by atoms with van der Waals surface area (Å²) in [5.41, 5.74) is 5.64. The van der Waals surface area contributed by atoms with Gasteiger partial charge in [-0.05, 0) is 31.6 Å². The maximum atomic E-state index is 12.8. The van der Waals surface area contributed by atoms with E-state index in [4.69, 9.17) is 5.73 Å². The smallest absolute Gasteiger partial charge is 0.244 e. The van der Waals surface area contributed by atoms with Gasteiger partial charge in [0.1, 0.15) is 6.04 Å². The topological polar surface area (TPSA) is 66.6 Å². The maximum Gasteiger partial charge on any atom is 0.244 e. The second kappa shape index (κ2) is 5.72. The summed E-state index contributed by atoms with van der Waals surface area (Å²) in [5.74, 6) is 0.494. The SMILES string of the molecule is CC1CCCC(N)(C(=O)N2CCCC2C(=O)N(C)C)C1. The zero-order chi connectivity index (χ0) is 14.9. The summed E-state index contributed by atoms with van der Waals surface area (Å²) in [5, 5.41) is 0. The minimum absolute atomic E-state index is 0.0123. The number of nitrogens with zero attached hydrogens (tertiary/aromatic N) is 2. The van der Waals surface area contributed by atoms with E-state index in [-0.39, 0.29) is 17.9 Å². The molecule has 3 unspecified atom stereocenters. The van der Waals surface area contributed by atoms with E-state index in [1.165, 1.54) is 0 Å². The van der Waals surface area contributed by atoms with Gasteiger partial charge >= 0.3 is 0 Å². The number of carbonyl (C=O) groups excluding carboxylic acids is 2. The van der Waals surface area contributed by atoms with Gasteiger partial charge < -0.3 is 15.5 Å². The predicted molar refractivity (Wildman–Crippen MR) is 78.0 cm³/mol. The van der Waals surface area contributed by atoms with Gasteiger partial charge in [-0.3, -0.25) is 9.59 Å². The van der Waals surface area contributed by atoms with Crippen molar-refractivity contribution in [2.45, 2.75) is 57.0 Å². The fourth-order valence-electron chi connectivity index (χ4n) is 3.64. The zero-order valence-electron chi connectivity index (χ0n) is 12.9. The molecule has 2 amide bonds. The molecule has 2 N–H and O–H groups in total. The van der Waals surface area contributed by atoms with Crippen molar-refractivity contribution in [3.05, 3.63) is 0 Å². The normalized spacial score (nSPS) is 34.1. The molecule has 0 spiro atoms. The highest BCUT2D eigenvalue weighted by molar-refractivity contribution is 5.92. The fourth-order valence-corrected chi connectivity index (χ4v) is 3.64. The number of hydrogen-bond acceptors (Lipinski definition) is 3. The quantitative estimate of drug-likeness (QED) is 0.820. The third-order valence-corrected chi connectivity index (χ3v) is 4.70. The molecule has 1 saturated heterocycles. The number of likely N-dealkylation sites (tertiary alicyclic amines) is 1. The molecule has 2 aliphatic rings. The molecule has 1 aliphatic heterocycles. The van der Waals surface area contributed by atoms with Crippen LogP contribution in [0.15, 0.2) is 0 Å². The molecule has 1 aliphatic carbocycles. The zero-order valence-corrected chi connectivity index (χ0v) is 12.9. The first-order valence-electron chi connectivity index (χ1n) is 7.66. The average molecular weight is 281 g/mol. The Labute approximate surface area is 121 Å². The van der Waals surface area contributed by atoms with Gasteiger partial charge in [-0.1, -0.05) is 19.8 Å². The van der Waals surface area contributed by atoms with Crippen LogP contribution in [0.5, 0.6) is 0 Å². The monoisotopic (exact) mass is 281 g/mol. The van der Waals surface area contributed by atoms with Crippen molar-refractivity contribution in [1.82, 2.24) is 9.80 Å². The van der Waals surface area contributed by atoms with E-state index in [9.17, 15) is 9.59 Å². The second-order valence-electron chi connectivity index (χ2n) is 6.75. The van der Waals surface area contributed by atoms with E-state index < -0.39 is 5.54 Å². The molecule has 114 valence electrons. The van der Waals surface area contributed by atoms with Crippen LogP contribution in [-0.2, 0) is 9.59 Å². The lowest BCUT2D eigenvalue weighted by Gasteiger charge is -2.39. The van der Waals surface area contributed by atoms with Crippen molar-refractivity contribution in [2.24, 2.45) is 11.7 Å². The summed E-state index contributed by atoms with van der Waals surface area (Å²) < 4.78 is 0. The first-order valence-corrected chi connectivity index (χ1v) is 7.66. The van der Waals surface area contributed by atoms with E-state index >= 15 is 0 Å². The average Bonchev–Trinajstić information content (AvgIpc) is 2.85. The summed E-state index contributed by atoms with van der Waals surface area (Å²) in [6.45, 7) is 2.82. The van der Waals surface area contributed by atoms with Gasteiger partial charge in [-0.2, -0.15) is 0 Å². The highest BCUT2D eigenvalue weighted by Crippen LogP contribution is 2.33. The third-order valence-electron chi connectivity index (χ3n) is 4.70. The van der Waals surface area contributed by atoms with Gasteiger partial charge in [0.15, 0.2) is 0 Å². The van der Waals surface area contributed by atoms with E-state index in [1.807, 2.05) is 0 Å². The van der Waals surface area contributed by atoms with Crippen LogP contribution in [0, 0.1) is 5.92 Å². The van der Waals surface area contributed by atoms with Crippen molar-refractivity contribution < 1.29 is 9.59 Å². The molecule has 1 saturated carbocycles. The minimum atomic E-state index is -0.757. The Balaban J connectivity index is 2.13. The number of likely N-dealkylation sites (N-methyl/N-ethyl adjacent to an activating group) is 1. The summed E-state index contributed by atoms with van der Waals surface area (Å²) >= 11 is 0. The molecular formula is C15H27N3O2. The predicted octanol–water partition coefficient (Wildman–Crippen LogP) is 0.973. The van der Waals surface area contributed by atoms with E-state index in [0.29, 0.717) is 12.5 Å². The Bertz CT molecular complexity index is 397. The van der Waals surface area contributed by atoms with E-state index in [2.05, 4.69) is 6.92 Å². The summed E-state index contributed by atoms with van der Waals surface area (Å²) in [6, 6.07) is -0.310. The molecule has 0 bridgehead atoms. The molecule has 20 heavy (non-hydrogen) atoms. The van der Waals surface area contributed by atoms with Crippen LogP contribution in [0.1, 0.15) is 45.4 Å². The van der Waals surface area contributed by atoms with Crippen LogP contribution < -0.4 is 5.73 Å². The Morgan fingerprint density at radius 2 is 1.95 bits per heavy atom. The number of amides is 2. The van der Waals surface area contributed by atoms with Crippen LogP contribution in [0.2, 0.25) is 0 Å². The van der Waals surface area contributed by atoms with Gasteiger partial charge in [0.25, 0.3) is 0 Å². The maximum absolute atomic E-state index is 12.8. The number of carbonyl (C=O) groups is 2. The van der Waals surface area contributed by atoms with Crippen LogP contribution in [0.4, 0.5) is 0 Å². The number of hydrogen-bond donors (Lipinski definition) is 1. The van der Waals surface area contributed by atoms with Gasteiger partial charge in [0.05, 0.1) is 5.54 Å². The molecule has 2 rings (SSSR count). The molecule has 5 nitrogen and oxygen atoms in total. The molecule has 0 aromatic heterocycles. The van der Waals surface area contributed by atoms with Gasteiger partial charge in [-0.15, -0.1) is 0 Å². The number of rotatable bonds is 2. The standard InChI is InChI=1S/C15H27N3O2/c1-11-6-4-8-15(16,10-11)14(20)18-9-5-7-12(18)13(19)17(2)3/h11-12H,4-10,16H2,1-3H3. The summed E-state index contributed by atoms with van der Waals surface area (Å²) in [7, 11) is 3.48. The second-order valence-corrected chi connectivity index (χ2v) is 6.75. The Kier molecular flexibility index (Phi) is 4.37. The molecule has 5 heteroatoms. The molecule has 0 aromatic rings. The fraction of sp³-hybridized carbons (Fsp3) is 0.867. The first-order chi connectivity index (χ1) is 9.35. The van der Waals surface area contributed by atoms with Crippen molar-refractivity contribution >= 4 is 11.8 Å². The van der Waals surface area contributed by atoms with Crippen molar-refractivity contribution in [1.29, 1.82) is 0 Å². The molecule has 0 radical (unpaired) electrons. The molecule has 3 atom stereocenters. The van der Waals surface area contributed by atoms with Crippen LogP contribution >= 0.6 is 0 Å². The van der Waals surface area contributed by atoms with Crippen LogP contribution in [0.3, 0.4) is 0 Å². The summed E-state index contributed by atoms with van der Waals surface area (Å²) in [4.78, 5) is 28.3. The first kappa shape index (κ1) is 15.3. The lowest BCUT2D eigenvalue weighted by Crippen LogP contribution is -2.60. The minimum Gasteiger partial charge on any atom is -0.347 e. The van der Waals surface area contributed by atoms with E-state index in [1.54, 1.807) is 23.9 Å². The lowest BCUT2D eigenvalue weighted by atomic mass is 9.76. The van der Waals surface area contributed by atoms with Crippen LogP contribution in [-0.4, -0.2) is 53.8 Å². The van der Waals surface area contributed by atoms with Gasteiger partial charge in [0, 0.05) is 20.6 Å². The van der Waals surface area contributed by atoms with Crippen molar-refractivity contribution in [3.8, 4) is 0 Å². The third kappa shape index (κ3) is 2.82. The Morgan fingerprint density at radius 3 is 2.55 bits per heavy atom. The number of nitrogens with two attached hydrogens (primary N) is 1.